The number of thiophene rings is 1. The average Bonchev–Trinajstić information content (AvgIpc) is 3.23. The molecule has 0 unspecified atom stereocenters. The number of hydrogen-bond acceptors (Lipinski definition) is 5. The van der Waals surface area contributed by atoms with Gasteiger partial charge in [-0.25, -0.2) is 0 Å². The summed E-state index contributed by atoms with van der Waals surface area (Å²) in [7, 11) is 0. The molecule has 1 aliphatic rings. The molecule has 2 aromatic rings. The molecular weight excluding hydrogens is 378 g/mol. The molecule has 0 saturated heterocycles. The van der Waals surface area contributed by atoms with Crippen LogP contribution in [0.25, 0.3) is 6.08 Å². The average molecular weight is 390 g/mol. The van der Waals surface area contributed by atoms with Crippen molar-refractivity contribution in [3.8, 4) is 12.1 Å². The second-order valence-electron chi connectivity index (χ2n) is 5.44. The lowest BCUT2D eigenvalue weighted by molar-refractivity contribution is 0.101. The van der Waals surface area contributed by atoms with Crippen LogP contribution in [0, 0.1) is 22.7 Å². The maximum Gasteiger partial charge on any atom is 0.219 e. The third kappa shape index (κ3) is 4.07. The summed E-state index contributed by atoms with van der Waals surface area (Å²) in [5, 5.41) is 21.0. The largest absolute Gasteiger partial charge is 0.312 e. The van der Waals surface area contributed by atoms with Crippen molar-refractivity contribution < 1.29 is 4.79 Å². The molecule has 0 atom stereocenters. The molecular formula is C21H12ClN3OS. The number of halogens is 1. The molecule has 0 N–H and O–H groups in total. The monoisotopic (exact) mass is 389 g/mol. The first-order valence-electron chi connectivity index (χ1n) is 7.88. The van der Waals surface area contributed by atoms with Crippen molar-refractivity contribution in [1.29, 1.82) is 10.5 Å². The SMILES string of the molecule is N#CC(C#N)=C1C=CC=CN1C(=Cc1ccc(Cl)cc1)C(=O)c1cccs1. The van der Waals surface area contributed by atoms with Crippen LogP contribution in [0.5, 0.6) is 0 Å². The van der Waals surface area contributed by atoms with E-state index in [1.807, 2.05) is 17.5 Å². The molecule has 0 fully saturated rings. The van der Waals surface area contributed by atoms with Crippen molar-refractivity contribution in [3.05, 3.63) is 98.6 Å². The van der Waals surface area contributed by atoms with Gasteiger partial charge in [-0.3, -0.25) is 4.79 Å². The van der Waals surface area contributed by atoms with Crippen LogP contribution in [0.1, 0.15) is 15.2 Å². The Labute approximate surface area is 165 Å². The zero-order chi connectivity index (χ0) is 19.2. The highest BCUT2D eigenvalue weighted by molar-refractivity contribution is 7.12. The zero-order valence-corrected chi connectivity index (χ0v) is 15.5. The van der Waals surface area contributed by atoms with Crippen LogP contribution >= 0.6 is 22.9 Å². The highest BCUT2D eigenvalue weighted by Crippen LogP contribution is 2.27. The molecule has 27 heavy (non-hydrogen) atoms. The Morgan fingerprint density at radius 3 is 2.48 bits per heavy atom. The number of ketones is 1. The molecule has 0 radical (unpaired) electrons. The molecule has 0 saturated carbocycles. The predicted octanol–water partition coefficient (Wildman–Crippen LogP) is 5.31. The van der Waals surface area contributed by atoms with Gasteiger partial charge in [0.25, 0.3) is 0 Å². The van der Waals surface area contributed by atoms with Gasteiger partial charge in [-0.2, -0.15) is 10.5 Å². The van der Waals surface area contributed by atoms with Gasteiger partial charge in [0.15, 0.2) is 5.57 Å². The van der Waals surface area contributed by atoms with Crippen molar-refractivity contribution in [1.82, 2.24) is 4.90 Å². The maximum atomic E-state index is 13.1. The Morgan fingerprint density at radius 1 is 1.11 bits per heavy atom. The first kappa shape index (κ1) is 18.4. The van der Waals surface area contributed by atoms with Gasteiger partial charge in [-0.05, 0) is 47.4 Å². The summed E-state index contributed by atoms with van der Waals surface area (Å²) in [4.78, 5) is 15.3. The Hall–Kier alpha value is -3.38. The first-order chi connectivity index (χ1) is 13.1. The number of nitriles is 2. The van der Waals surface area contributed by atoms with Crippen molar-refractivity contribution in [2.24, 2.45) is 0 Å². The molecule has 0 aliphatic carbocycles. The number of carbonyl (C=O) groups is 1. The van der Waals surface area contributed by atoms with E-state index in [0.29, 0.717) is 21.3 Å². The Kier molecular flexibility index (Phi) is 5.68. The first-order valence-corrected chi connectivity index (χ1v) is 9.14. The fraction of sp³-hybridized carbons (Fsp3) is 0. The molecule has 0 bridgehead atoms. The quantitative estimate of drug-likeness (QED) is 0.403. The van der Waals surface area contributed by atoms with E-state index in [1.54, 1.807) is 71.8 Å². The highest BCUT2D eigenvalue weighted by Gasteiger charge is 2.24. The number of rotatable bonds is 4. The third-order valence-electron chi connectivity index (χ3n) is 3.75. The van der Waals surface area contributed by atoms with E-state index in [9.17, 15) is 15.3 Å². The van der Waals surface area contributed by atoms with Crippen LogP contribution in [0.3, 0.4) is 0 Å². The molecule has 4 nitrogen and oxygen atoms in total. The number of carbonyl (C=O) groups excluding carboxylic acids is 1. The number of hydrogen-bond donors (Lipinski definition) is 0. The topological polar surface area (TPSA) is 67.9 Å². The van der Waals surface area contributed by atoms with Gasteiger partial charge in [0, 0.05) is 11.2 Å². The van der Waals surface area contributed by atoms with Gasteiger partial charge in [0.1, 0.15) is 12.1 Å². The molecule has 0 amide bonds. The molecule has 130 valence electrons. The van der Waals surface area contributed by atoms with E-state index in [2.05, 4.69) is 0 Å². The lowest BCUT2D eigenvalue weighted by Crippen LogP contribution is -2.23. The summed E-state index contributed by atoms with van der Waals surface area (Å²) in [5.41, 5.74) is 1.39. The minimum absolute atomic E-state index is 0.0726. The second-order valence-corrected chi connectivity index (χ2v) is 6.83. The molecule has 0 spiro atoms. The standard InChI is InChI=1S/C21H12ClN3OS/c22-17-8-6-15(7-9-17)12-19(21(26)20-5-3-11-27-20)25-10-2-1-4-18(25)16(13-23)14-24/h1-12H. The van der Waals surface area contributed by atoms with Gasteiger partial charge in [-0.15, -0.1) is 11.3 Å². The summed E-state index contributed by atoms with van der Waals surface area (Å²) < 4.78 is 0. The van der Waals surface area contributed by atoms with E-state index < -0.39 is 0 Å². The number of nitrogens with zero attached hydrogens (tertiary/aromatic N) is 3. The van der Waals surface area contributed by atoms with Crippen LogP contribution in [0.2, 0.25) is 5.02 Å². The summed E-state index contributed by atoms with van der Waals surface area (Å²) in [6.45, 7) is 0. The van der Waals surface area contributed by atoms with Crippen LogP contribution in [0.15, 0.2) is 83.2 Å². The van der Waals surface area contributed by atoms with Gasteiger partial charge < -0.3 is 4.90 Å². The molecule has 6 heteroatoms. The minimum Gasteiger partial charge on any atom is -0.312 e. The fourth-order valence-electron chi connectivity index (χ4n) is 2.49. The van der Waals surface area contributed by atoms with Crippen LogP contribution in [-0.2, 0) is 0 Å². The Bertz CT molecular complexity index is 1050. The summed E-state index contributed by atoms with van der Waals surface area (Å²) in [5.74, 6) is -0.201. The van der Waals surface area contributed by atoms with Crippen LogP contribution in [0.4, 0.5) is 0 Å². The minimum atomic E-state index is -0.201. The Morgan fingerprint density at radius 2 is 1.85 bits per heavy atom. The number of Topliss-reactive ketones (excluding diaryl/α,β-unsaturated/α-hetero) is 1. The maximum absolute atomic E-state index is 13.1. The van der Waals surface area contributed by atoms with Crippen molar-refractivity contribution >= 4 is 34.8 Å². The van der Waals surface area contributed by atoms with Crippen LogP contribution in [-0.4, -0.2) is 10.7 Å². The smallest absolute Gasteiger partial charge is 0.219 e. The lowest BCUT2D eigenvalue weighted by Gasteiger charge is -2.25. The predicted molar refractivity (Wildman–Crippen MR) is 106 cm³/mol. The summed E-state index contributed by atoms with van der Waals surface area (Å²) in [6.07, 6.45) is 8.48. The van der Waals surface area contributed by atoms with Crippen molar-refractivity contribution in [3.63, 3.8) is 0 Å². The summed E-state index contributed by atoms with van der Waals surface area (Å²) in [6, 6.07) is 14.4. The molecule has 3 rings (SSSR count). The van der Waals surface area contributed by atoms with E-state index in [1.165, 1.54) is 11.3 Å². The highest BCUT2D eigenvalue weighted by atomic mass is 35.5. The van der Waals surface area contributed by atoms with Gasteiger partial charge in [-0.1, -0.05) is 35.9 Å². The van der Waals surface area contributed by atoms with Crippen LogP contribution < -0.4 is 0 Å². The van der Waals surface area contributed by atoms with Gasteiger partial charge >= 0.3 is 0 Å². The van der Waals surface area contributed by atoms with E-state index in [-0.39, 0.29) is 11.4 Å². The van der Waals surface area contributed by atoms with E-state index in [4.69, 9.17) is 11.6 Å². The van der Waals surface area contributed by atoms with Gasteiger partial charge in [0.05, 0.1) is 16.3 Å². The molecule has 1 aromatic heterocycles. The molecule has 1 aromatic carbocycles. The lowest BCUT2D eigenvalue weighted by atomic mass is 10.1. The molecule has 2 heterocycles. The number of benzene rings is 1. The van der Waals surface area contributed by atoms with E-state index in [0.717, 1.165) is 5.56 Å². The van der Waals surface area contributed by atoms with E-state index >= 15 is 0 Å². The second kappa shape index (κ2) is 8.33. The van der Waals surface area contributed by atoms with Crippen molar-refractivity contribution in [2.45, 2.75) is 0 Å². The summed E-state index contributed by atoms with van der Waals surface area (Å²) >= 11 is 7.28. The van der Waals surface area contributed by atoms with Crippen molar-refractivity contribution in [2.75, 3.05) is 0 Å². The normalized spacial score (nSPS) is 13.2. The number of allylic oxidation sites excluding steroid dienone is 5. The zero-order valence-electron chi connectivity index (χ0n) is 14.0. The third-order valence-corrected chi connectivity index (χ3v) is 4.87. The fourth-order valence-corrected chi connectivity index (χ4v) is 3.29. The van der Waals surface area contributed by atoms with Gasteiger partial charge in [0.2, 0.25) is 5.78 Å². The molecule has 1 aliphatic heterocycles. The Balaban J connectivity index is 2.16.